The average molecular weight is 222 g/mol. The third-order valence-corrected chi connectivity index (χ3v) is 3.56. The Kier molecular flexibility index (Phi) is 2.77. The Morgan fingerprint density at radius 2 is 2.20 bits per heavy atom. The van der Waals surface area contributed by atoms with Gasteiger partial charge in [-0.2, -0.15) is 0 Å². The van der Waals surface area contributed by atoms with Crippen molar-refractivity contribution in [2.24, 2.45) is 0 Å². The Bertz CT molecular complexity index is 414. The van der Waals surface area contributed by atoms with E-state index in [0.29, 0.717) is 11.3 Å². The van der Waals surface area contributed by atoms with Crippen LogP contribution >= 0.6 is 11.8 Å². The first-order valence-electron chi connectivity index (χ1n) is 4.55. The zero-order chi connectivity index (χ0) is 10.8. The first-order valence-corrected chi connectivity index (χ1v) is 5.60. The number of esters is 1. The van der Waals surface area contributed by atoms with Gasteiger partial charge in [-0.05, 0) is 5.56 Å². The molecule has 1 aromatic rings. The number of hydrogen-bond donors (Lipinski definition) is 0. The molecule has 1 aliphatic heterocycles. The SMILES string of the molecule is COC(=O)C1SCc2ccccc2C1=O. The molecule has 1 unspecified atom stereocenters. The molecule has 0 fully saturated rings. The highest BCUT2D eigenvalue weighted by Gasteiger charge is 2.33. The van der Waals surface area contributed by atoms with Crippen molar-refractivity contribution in [2.75, 3.05) is 7.11 Å². The minimum Gasteiger partial charge on any atom is -0.468 e. The molecule has 1 heterocycles. The van der Waals surface area contributed by atoms with Crippen LogP contribution in [-0.2, 0) is 15.3 Å². The van der Waals surface area contributed by atoms with E-state index in [1.54, 1.807) is 12.1 Å². The van der Waals surface area contributed by atoms with Crippen LogP contribution in [0.1, 0.15) is 15.9 Å². The summed E-state index contributed by atoms with van der Waals surface area (Å²) in [4.78, 5) is 23.2. The molecular weight excluding hydrogens is 212 g/mol. The molecule has 0 amide bonds. The molecule has 0 bridgehead atoms. The third kappa shape index (κ3) is 1.77. The van der Waals surface area contributed by atoms with Crippen molar-refractivity contribution in [1.29, 1.82) is 0 Å². The van der Waals surface area contributed by atoms with Crippen molar-refractivity contribution in [3.8, 4) is 0 Å². The van der Waals surface area contributed by atoms with Crippen molar-refractivity contribution < 1.29 is 14.3 Å². The smallest absolute Gasteiger partial charge is 0.326 e. The maximum Gasteiger partial charge on any atom is 0.326 e. The van der Waals surface area contributed by atoms with Crippen molar-refractivity contribution in [1.82, 2.24) is 0 Å². The predicted octanol–water partition coefficient (Wildman–Crippen LogP) is 1.66. The highest BCUT2D eigenvalue weighted by molar-refractivity contribution is 8.00. The maximum atomic E-state index is 11.9. The largest absolute Gasteiger partial charge is 0.468 e. The lowest BCUT2D eigenvalue weighted by Crippen LogP contribution is -2.31. The molecule has 1 aromatic carbocycles. The Morgan fingerprint density at radius 1 is 1.47 bits per heavy atom. The summed E-state index contributed by atoms with van der Waals surface area (Å²) in [5, 5.41) is -0.690. The summed E-state index contributed by atoms with van der Waals surface area (Å²) in [5.74, 6) is 0.0787. The van der Waals surface area contributed by atoms with Crippen LogP contribution in [0.15, 0.2) is 24.3 Å². The Labute approximate surface area is 91.8 Å². The predicted molar refractivity (Wildman–Crippen MR) is 57.9 cm³/mol. The quantitative estimate of drug-likeness (QED) is 0.535. The second-order valence-corrected chi connectivity index (χ2v) is 4.33. The van der Waals surface area contributed by atoms with E-state index < -0.39 is 11.2 Å². The second kappa shape index (κ2) is 4.06. The maximum absolute atomic E-state index is 11.9. The number of ether oxygens (including phenoxy) is 1. The number of carbonyl (C=O) groups excluding carboxylic acids is 2. The van der Waals surface area contributed by atoms with Gasteiger partial charge in [-0.3, -0.25) is 9.59 Å². The van der Waals surface area contributed by atoms with Crippen LogP contribution in [0, 0.1) is 0 Å². The summed E-state index contributed by atoms with van der Waals surface area (Å²) < 4.78 is 4.59. The van der Waals surface area contributed by atoms with Gasteiger partial charge in [0.25, 0.3) is 0 Å². The van der Waals surface area contributed by atoms with Gasteiger partial charge in [-0.15, -0.1) is 11.8 Å². The Morgan fingerprint density at radius 3 is 2.93 bits per heavy atom. The number of benzene rings is 1. The minimum atomic E-state index is -0.690. The van der Waals surface area contributed by atoms with Gasteiger partial charge in [0.1, 0.15) is 0 Å². The molecule has 4 heteroatoms. The fourth-order valence-electron chi connectivity index (χ4n) is 1.56. The van der Waals surface area contributed by atoms with Crippen LogP contribution in [0.25, 0.3) is 0 Å². The molecule has 15 heavy (non-hydrogen) atoms. The number of thioether (sulfide) groups is 1. The summed E-state index contributed by atoms with van der Waals surface area (Å²) in [6.45, 7) is 0. The zero-order valence-corrected chi connectivity index (χ0v) is 9.04. The van der Waals surface area contributed by atoms with E-state index in [4.69, 9.17) is 0 Å². The standard InChI is InChI=1S/C11H10O3S/c1-14-11(13)10-9(12)8-5-3-2-4-7(8)6-15-10/h2-5,10H,6H2,1H3. The van der Waals surface area contributed by atoms with Crippen LogP contribution in [0.5, 0.6) is 0 Å². The topological polar surface area (TPSA) is 43.4 Å². The first-order chi connectivity index (χ1) is 7.24. The Hall–Kier alpha value is -1.29. The van der Waals surface area contributed by atoms with Crippen molar-refractivity contribution in [3.63, 3.8) is 0 Å². The molecule has 0 aromatic heterocycles. The van der Waals surface area contributed by atoms with Crippen LogP contribution in [0.2, 0.25) is 0 Å². The van der Waals surface area contributed by atoms with Crippen molar-refractivity contribution in [2.45, 2.75) is 11.0 Å². The lowest BCUT2D eigenvalue weighted by molar-refractivity contribution is -0.138. The number of carbonyl (C=O) groups is 2. The first kappa shape index (κ1) is 10.2. The number of fused-ring (bicyclic) bond motifs is 1. The average Bonchev–Trinajstić information content (AvgIpc) is 2.29. The second-order valence-electron chi connectivity index (χ2n) is 3.24. The normalized spacial score (nSPS) is 19.5. The lowest BCUT2D eigenvalue weighted by Gasteiger charge is -2.20. The highest BCUT2D eigenvalue weighted by Crippen LogP contribution is 2.30. The van der Waals surface area contributed by atoms with E-state index in [-0.39, 0.29) is 5.78 Å². The fraction of sp³-hybridized carbons (Fsp3) is 0.273. The zero-order valence-electron chi connectivity index (χ0n) is 8.23. The fourth-order valence-corrected chi connectivity index (χ4v) is 2.67. The third-order valence-electron chi connectivity index (χ3n) is 2.34. The number of methoxy groups -OCH3 is 1. The van der Waals surface area contributed by atoms with E-state index in [1.807, 2.05) is 12.1 Å². The van der Waals surface area contributed by atoms with Gasteiger partial charge in [0.15, 0.2) is 11.0 Å². The van der Waals surface area contributed by atoms with Crippen molar-refractivity contribution >= 4 is 23.5 Å². The molecule has 0 aliphatic carbocycles. The molecule has 78 valence electrons. The number of rotatable bonds is 1. The molecule has 0 radical (unpaired) electrons. The van der Waals surface area contributed by atoms with Crippen LogP contribution in [0.4, 0.5) is 0 Å². The molecule has 1 aliphatic rings. The minimum absolute atomic E-state index is 0.145. The molecule has 0 saturated carbocycles. The van der Waals surface area contributed by atoms with E-state index in [0.717, 1.165) is 5.56 Å². The van der Waals surface area contributed by atoms with Gasteiger partial charge < -0.3 is 4.74 Å². The van der Waals surface area contributed by atoms with E-state index in [2.05, 4.69) is 4.74 Å². The Balaban J connectivity index is 2.34. The van der Waals surface area contributed by atoms with Crippen molar-refractivity contribution in [3.05, 3.63) is 35.4 Å². The molecule has 1 atom stereocenters. The molecule has 0 N–H and O–H groups in total. The van der Waals surface area contributed by atoms with Gasteiger partial charge in [0, 0.05) is 11.3 Å². The molecule has 3 nitrogen and oxygen atoms in total. The van der Waals surface area contributed by atoms with E-state index in [9.17, 15) is 9.59 Å². The molecule has 0 spiro atoms. The van der Waals surface area contributed by atoms with Gasteiger partial charge >= 0.3 is 5.97 Å². The van der Waals surface area contributed by atoms with Gasteiger partial charge in [-0.25, -0.2) is 0 Å². The summed E-state index contributed by atoms with van der Waals surface area (Å²) in [5.41, 5.74) is 1.64. The van der Waals surface area contributed by atoms with Crippen LogP contribution in [0.3, 0.4) is 0 Å². The molecular formula is C11H10O3S. The monoisotopic (exact) mass is 222 g/mol. The van der Waals surface area contributed by atoms with Gasteiger partial charge in [0.05, 0.1) is 7.11 Å². The number of hydrogen-bond acceptors (Lipinski definition) is 4. The van der Waals surface area contributed by atoms with Gasteiger partial charge in [-0.1, -0.05) is 24.3 Å². The van der Waals surface area contributed by atoms with E-state index in [1.165, 1.54) is 18.9 Å². The van der Waals surface area contributed by atoms with E-state index >= 15 is 0 Å². The van der Waals surface area contributed by atoms with Crippen LogP contribution < -0.4 is 0 Å². The summed E-state index contributed by atoms with van der Waals surface area (Å²) in [6, 6.07) is 7.37. The molecule has 2 rings (SSSR count). The highest BCUT2D eigenvalue weighted by atomic mass is 32.2. The number of ketones is 1. The summed E-state index contributed by atoms with van der Waals surface area (Å²) in [6.07, 6.45) is 0. The van der Waals surface area contributed by atoms with Gasteiger partial charge in [0.2, 0.25) is 0 Å². The number of Topliss-reactive ketones (excluding diaryl/α,β-unsaturated/α-hetero) is 1. The summed E-state index contributed by atoms with van der Waals surface area (Å²) in [7, 11) is 1.30. The lowest BCUT2D eigenvalue weighted by atomic mass is 10.0. The summed E-state index contributed by atoms with van der Waals surface area (Å²) >= 11 is 1.32. The van der Waals surface area contributed by atoms with Crippen LogP contribution in [-0.4, -0.2) is 24.1 Å². The molecule has 0 saturated heterocycles.